The van der Waals surface area contributed by atoms with Crippen LogP contribution in [0.2, 0.25) is 0 Å². The van der Waals surface area contributed by atoms with E-state index in [0.29, 0.717) is 13.2 Å². The topological polar surface area (TPSA) is 47.6 Å². The SMILES string of the molecule is COCCONC(=O)/C=C/c1ccc(C)s1. The van der Waals surface area contributed by atoms with Crippen molar-refractivity contribution < 1.29 is 14.4 Å². The normalized spacial score (nSPS) is 10.9. The zero-order valence-electron chi connectivity index (χ0n) is 9.36. The number of amides is 1. The lowest BCUT2D eigenvalue weighted by molar-refractivity contribution is -0.129. The van der Waals surface area contributed by atoms with E-state index < -0.39 is 0 Å². The summed E-state index contributed by atoms with van der Waals surface area (Å²) in [6.45, 7) is 2.82. The minimum Gasteiger partial charge on any atom is -0.382 e. The number of hydrogen-bond donors (Lipinski definition) is 1. The Labute approximate surface area is 98.8 Å². The molecular formula is C11H15NO3S. The molecule has 5 heteroatoms. The predicted octanol–water partition coefficient (Wildman–Crippen LogP) is 1.76. The maximum absolute atomic E-state index is 11.2. The fourth-order valence-electron chi connectivity index (χ4n) is 0.982. The quantitative estimate of drug-likeness (QED) is 0.469. The van der Waals surface area contributed by atoms with Crippen LogP contribution in [-0.4, -0.2) is 26.2 Å². The molecule has 88 valence electrons. The van der Waals surface area contributed by atoms with E-state index in [4.69, 9.17) is 9.57 Å². The minimum absolute atomic E-state index is 0.276. The zero-order valence-corrected chi connectivity index (χ0v) is 10.2. The molecule has 4 nitrogen and oxygen atoms in total. The summed E-state index contributed by atoms with van der Waals surface area (Å²) in [6.07, 6.45) is 3.20. The van der Waals surface area contributed by atoms with Gasteiger partial charge in [0.15, 0.2) is 0 Å². The molecule has 0 atom stereocenters. The second-order valence-electron chi connectivity index (χ2n) is 3.09. The Bertz CT molecular complexity index is 360. The maximum Gasteiger partial charge on any atom is 0.267 e. The summed E-state index contributed by atoms with van der Waals surface area (Å²) in [6, 6.07) is 3.98. The predicted molar refractivity (Wildman–Crippen MR) is 64.1 cm³/mol. The van der Waals surface area contributed by atoms with Gasteiger partial charge in [0.1, 0.15) is 0 Å². The largest absolute Gasteiger partial charge is 0.382 e. The second-order valence-corrected chi connectivity index (χ2v) is 4.41. The molecule has 1 aromatic heterocycles. The molecule has 0 spiro atoms. The molecule has 1 heterocycles. The van der Waals surface area contributed by atoms with Crippen LogP contribution in [0.3, 0.4) is 0 Å². The van der Waals surface area contributed by atoms with Gasteiger partial charge in [0.25, 0.3) is 5.91 Å². The summed E-state index contributed by atoms with van der Waals surface area (Å²) in [5, 5.41) is 0. The van der Waals surface area contributed by atoms with Gasteiger partial charge >= 0.3 is 0 Å². The first-order valence-electron chi connectivity index (χ1n) is 4.87. The number of methoxy groups -OCH3 is 1. The van der Waals surface area contributed by atoms with Crippen molar-refractivity contribution in [1.82, 2.24) is 5.48 Å². The molecule has 16 heavy (non-hydrogen) atoms. The molecule has 0 aromatic carbocycles. The third-order valence-electron chi connectivity index (χ3n) is 1.72. The fourth-order valence-corrected chi connectivity index (χ4v) is 1.76. The number of aryl methyl sites for hydroxylation is 1. The monoisotopic (exact) mass is 241 g/mol. The van der Waals surface area contributed by atoms with E-state index in [1.165, 1.54) is 11.0 Å². The standard InChI is InChI=1S/C11H15NO3S/c1-9-3-4-10(16-9)5-6-11(13)12-15-8-7-14-2/h3-6H,7-8H2,1-2H3,(H,12,13)/b6-5+. The lowest BCUT2D eigenvalue weighted by Gasteiger charge is -2.01. The van der Waals surface area contributed by atoms with Crippen molar-refractivity contribution >= 4 is 23.3 Å². The molecule has 1 rings (SSSR count). The minimum atomic E-state index is -0.276. The van der Waals surface area contributed by atoms with E-state index in [-0.39, 0.29) is 5.91 Å². The van der Waals surface area contributed by atoms with Crippen molar-refractivity contribution in [1.29, 1.82) is 0 Å². The molecule has 0 saturated carbocycles. The third kappa shape index (κ3) is 5.06. The average molecular weight is 241 g/mol. The van der Waals surface area contributed by atoms with Gasteiger partial charge in [-0.15, -0.1) is 11.3 Å². The van der Waals surface area contributed by atoms with Crippen LogP contribution in [0.1, 0.15) is 9.75 Å². The molecule has 0 bridgehead atoms. The summed E-state index contributed by atoms with van der Waals surface area (Å²) in [5.74, 6) is -0.276. The molecule has 0 aliphatic rings. The lowest BCUT2D eigenvalue weighted by atomic mass is 10.4. The van der Waals surface area contributed by atoms with Crippen LogP contribution in [0, 0.1) is 6.92 Å². The maximum atomic E-state index is 11.2. The van der Waals surface area contributed by atoms with E-state index in [0.717, 1.165) is 4.88 Å². The van der Waals surface area contributed by atoms with Gasteiger partial charge in [-0.25, -0.2) is 5.48 Å². The van der Waals surface area contributed by atoms with Crippen LogP contribution >= 0.6 is 11.3 Å². The number of thiophene rings is 1. The molecule has 0 radical (unpaired) electrons. The van der Waals surface area contributed by atoms with E-state index >= 15 is 0 Å². The summed E-state index contributed by atoms with van der Waals surface area (Å²) < 4.78 is 4.76. The van der Waals surface area contributed by atoms with Crippen LogP contribution in [-0.2, 0) is 14.4 Å². The number of carbonyl (C=O) groups excluding carboxylic acids is 1. The number of rotatable bonds is 6. The van der Waals surface area contributed by atoms with E-state index in [9.17, 15) is 4.79 Å². The van der Waals surface area contributed by atoms with Crippen molar-refractivity contribution in [2.75, 3.05) is 20.3 Å². The number of hydroxylamine groups is 1. The van der Waals surface area contributed by atoms with Gasteiger partial charge in [0.2, 0.25) is 0 Å². The zero-order chi connectivity index (χ0) is 11.8. The van der Waals surface area contributed by atoms with Gasteiger partial charge in [-0.1, -0.05) is 0 Å². The fraction of sp³-hybridized carbons (Fsp3) is 0.364. The molecule has 1 N–H and O–H groups in total. The summed E-state index contributed by atoms with van der Waals surface area (Å²) in [4.78, 5) is 18.3. The first-order chi connectivity index (χ1) is 7.72. The molecular weight excluding hydrogens is 226 g/mol. The highest BCUT2D eigenvalue weighted by Gasteiger charge is 1.96. The van der Waals surface area contributed by atoms with Crippen molar-refractivity contribution in [3.8, 4) is 0 Å². The molecule has 1 aromatic rings. The Morgan fingerprint density at radius 3 is 2.94 bits per heavy atom. The molecule has 0 saturated heterocycles. The average Bonchev–Trinajstić information content (AvgIpc) is 2.68. The highest BCUT2D eigenvalue weighted by molar-refractivity contribution is 7.12. The third-order valence-corrected chi connectivity index (χ3v) is 2.69. The highest BCUT2D eigenvalue weighted by atomic mass is 32.1. The van der Waals surface area contributed by atoms with Gasteiger partial charge in [-0.3, -0.25) is 9.63 Å². The second kappa shape index (κ2) is 7.16. The van der Waals surface area contributed by atoms with Crippen molar-refractivity contribution in [3.63, 3.8) is 0 Å². The van der Waals surface area contributed by atoms with Gasteiger partial charge in [0, 0.05) is 22.9 Å². The van der Waals surface area contributed by atoms with Crippen molar-refractivity contribution in [3.05, 3.63) is 28.0 Å². The first kappa shape index (κ1) is 12.9. The van der Waals surface area contributed by atoms with Crippen molar-refractivity contribution in [2.45, 2.75) is 6.92 Å². The molecule has 1 amide bonds. The van der Waals surface area contributed by atoms with E-state index in [2.05, 4.69) is 5.48 Å². The van der Waals surface area contributed by atoms with Crippen LogP contribution in [0.15, 0.2) is 18.2 Å². The molecule has 0 unspecified atom stereocenters. The number of carbonyl (C=O) groups is 1. The first-order valence-corrected chi connectivity index (χ1v) is 5.69. The Kier molecular flexibility index (Phi) is 5.77. The molecule has 0 fully saturated rings. The highest BCUT2D eigenvalue weighted by Crippen LogP contribution is 2.16. The summed E-state index contributed by atoms with van der Waals surface area (Å²) >= 11 is 1.63. The Balaban J connectivity index is 2.26. The lowest BCUT2D eigenvalue weighted by Crippen LogP contribution is -2.23. The number of nitrogens with one attached hydrogen (secondary N) is 1. The van der Waals surface area contributed by atoms with Crippen LogP contribution < -0.4 is 5.48 Å². The van der Waals surface area contributed by atoms with Gasteiger partial charge in [0.05, 0.1) is 13.2 Å². The number of ether oxygens (including phenoxy) is 1. The van der Waals surface area contributed by atoms with Crippen LogP contribution in [0.5, 0.6) is 0 Å². The van der Waals surface area contributed by atoms with Gasteiger partial charge in [-0.2, -0.15) is 0 Å². The Hall–Kier alpha value is -1.17. The van der Waals surface area contributed by atoms with Gasteiger partial charge in [-0.05, 0) is 25.1 Å². The summed E-state index contributed by atoms with van der Waals surface area (Å²) in [7, 11) is 1.57. The number of hydrogen-bond acceptors (Lipinski definition) is 4. The van der Waals surface area contributed by atoms with Crippen LogP contribution in [0.25, 0.3) is 6.08 Å². The Morgan fingerprint density at radius 1 is 1.50 bits per heavy atom. The Morgan fingerprint density at radius 2 is 2.31 bits per heavy atom. The van der Waals surface area contributed by atoms with Crippen LogP contribution in [0.4, 0.5) is 0 Å². The molecule has 0 aliphatic heterocycles. The smallest absolute Gasteiger partial charge is 0.267 e. The van der Waals surface area contributed by atoms with E-state index in [1.807, 2.05) is 19.1 Å². The van der Waals surface area contributed by atoms with E-state index in [1.54, 1.807) is 24.5 Å². The summed E-state index contributed by atoms with van der Waals surface area (Å²) in [5.41, 5.74) is 2.29. The van der Waals surface area contributed by atoms with Crippen molar-refractivity contribution in [2.24, 2.45) is 0 Å². The molecule has 0 aliphatic carbocycles. The van der Waals surface area contributed by atoms with Gasteiger partial charge < -0.3 is 4.74 Å².